The number of nitrogens with zero attached hydrogens (tertiary/aromatic N) is 1. The fourth-order valence-corrected chi connectivity index (χ4v) is 3.28. The maximum atomic E-state index is 12.9. The normalized spacial score (nSPS) is 17.6. The minimum absolute atomic E-state index is 0.0218. The molecule has 5 heteroatoms. The molecule has 0 saturated carbocycles. The quantitative estimate of drug-likeness (QED) is 0.859. The molecule has 1 atom stereocenters. The second-order valence-corrected chi connectivity index (χ2v) is 6.25. The molecule has 0 radical (unpaired) electrons. The van der Waals surface area contributed by atoms with Crippen LogP contribution in [0.1, 0.15) is 18.1 Å². The van der Waals surface area contributed by atoms with Crippen LogP contribution in [0.5, 0.6) is 17.2 Å². The molecular weight excluding hydrogens is 318 g/mol. The molecular formula is C20H21NO4. The van der Waals surface area contributed by atoms with Gasteiger partial charge in [0.1, 0.15) is 19.0 Å². The third kappa shape index (κ3) is 3.14. The highest BCUT2D eigenvalue weighted by Crippen LogP contribution is 2.32. The summed E-state index contributed by atoms with van der Waals surface area (Å²) in [6, 6.07) is 13.7. The Bertz CT molecular complexity index is 764. The van der Waals surface area contributed by atoms with Crippen LogP contribution in [-0.4, -0.2) is 36.7 Å². The summed E-state index contributed by atoms with van der Waals surface area (Å²) in [5.41, 5.74) is 2.12. The van der Waals surface area contributed by atoms with E-state index in [1.807, 2.05) is 54.3 Å². The maximum absolute atomic E-state index is 12.9. The second-order valence-electron chi connectivity index (χ2n) is 6.25. The molecule has 1 unspecified atom stereocenters. The molecule has 0 aromatic heterocycles. The molecule has 2 aliphatic rings. The van der Waals surface area contributed by atoms with E-state index in [1.54, 1.807) is 0 Å². The van der Waals surface area contributed by atoms with Crippen molar-refractivity contribution in [3.63, 3.8) is 0 Å². The number of ether oxygens (including phenoxy) is 3. The van der Waals surface area contributed by atoms with Crippen molar-refractivity contribution in [2.45, 2.75) is 26.0 Å². The average Bonchev–Trinajstić information content (AvgIpc) is 3.09. The van der Waals surface area contributed by atoms with Crippen molar-refractivity contribution in [3.8, 4) is 17.2 Å². The van der Waals surface area contributed by atoms with Gasteiger partial charge in [0, 0.05) is 19.5 Å². The summed E-state index contributed by atoms with van der Waals surface area (Å²) in [5, 5.41) is 0. The van der Waals surface area contributed by atoms with Crippen LogP contribution >= 0.6 is 0 Å². The first-order valence-electron chi connectivity index (χ1n) is 8.66. The minimum atomic E-state index is -0.436. The summed E-state index contributed by atoms with van der Waals surface area (Å²) in [4.78, 5) is 14.7. The second kappa shape index (κ2) is 6.67. The number of hydrogen-bond donors (Lipinski definition) is 0. The van der Waals surface area contributed by atoms with E-state index in [9.17, 15) is 4.79 Å². The molecule has 2 heterocycles. The summed E-state index contributed by atoms with van der Waals surface area (Å²) in [7, 11) is 0. The molecule has 0 bridgehead atoms. The van der Waals surface area contributed by atoms with Crippen LogP contribution < -0.4 is 14.2 Å². The van der Waals surface area contributed by atoms with E-state index < -0.39 is 6.10 Å². The largest absolute Gasteiger partial charge is 0.486 e. The summed E-state index contributed by atoms with van der Waals surface area (Å²) in [6.07, 6.45) is 0.196. The highest BCUT2D eigenvalue weighted by Gasteiger charge is 2.31. The van der Waals surface area contributed by atoms with Crippen LogP contribution in [0.3, 0.4) is 0 Å². The molecule has 0 fully saturated rings. The molecule has 130 valence electrons. The SMILES string of the molecule is CCN(Cc1ccc2c(c1)OCCO2)C(=O)C1Cc2ccccc2O1. The molecule has 2 aliphatic heterocycles. The van der Waals surface area contributed by atoms with Gasteiger partial charge in [0.2, 0.25) is 0 Å². The number of likely N-dealkylation sites (N-methyl/N-ethyl adjacent to an activating group) is 1. The fraction of sp³-hybridized carbons (Fsp3) is 0.350. The van der Waals surface area contributed by atoms with Crippen molar-refractivity contribution in [1.82, 2.24) is 4.90 Å². The van der Waals surface area contributed by atoms with Crippen molar-refractivity contribution in [1.29, 1.82) is 0 Å². The summed E-state index contributed by atoms with van der Waals surface area (Å²) in [5.74, 6) is 2.35. The van der Waals surface area contributed by atoms with Gasteiger partial charge in [-0.2, -0.15) is 0 Å². The van der Waals surface area contributed by atoms with Crippen LogP contribution in [0.4, 0.5) is 0 Å². The van der Waals surface area contributed by atoms with E-state index >= 15 is 0 Å². The Morgan fingerprint density at radius 3 is 2.68 bits per heavy atom. The maximum Gasteiger partial charge on any atom is 0.264 e. The number of carbonyl (C=O) groups is 1. The lowest BCUT2D eigenvalue weighted by molar-refractivity contribution is -0.138. The monoisotopic (exact) mass is 339 g/mol. The van der Waals surface area contributed by atoms with Crippen molar-refractivity contribution in [3.05, 3.63) is 53.6 Å². The van der Waals surface area contributed by atoms with Crippen LogP contribution in [0.15, 0.2) is 42.5 Å². The van der Waals surface area contributed by atoms with Crippen molar-refractivity contribution in [2.24, 2.45) is 0 Å². The van der Waals surface area contributed by atoms with Gasteiger partial charge in [0.25, 0.3) is 5.91 Å². The van der Waals surface area contributed by atoms with Gasteiger partial charge < -0.3 is 19.1 Å². The Kier molecular flexibility index (Phi) is 4.22. The zero-order chi connectivity index (χ0) is 17.2. The van der Waals surface area contributed by atoms with Gasteiger partial charge in [-0.3, -0.25) is 4.79 Å². The van der Waals surface area contributed by atoms with Gasteiger partial charge >= 0.3 is 0 Å². The highest BCUT2D eigenvalue weighted by molar-refractivity contribution is 5.82. The summed E-state index contributed by atoms with van der Waals surface area (Å²) >= 11 is 0. The molecule has 25 heavy (non-hydrogen) atoms. The number of amides is 1. The smallest absolute Gasteiger partial charge is 0.264 e. The zero-order valence-electron chi connectivity index (χ0n) is 14.2. The van der Waals surface area contributed by atoms with E-state index in [-0.39, 0.29) is 5.91 Å². The molecule has 2 aromatic carbocycles. The predicted molar refractivity (Wildman–Crippen MR) is 93.1 cm³/mol. The first-order valence-corrected chi connectivity index (χ1v) is 8.66. The third-order valence-electron chi connectivity index (χ3n) is 4.60. The number of fused-ring (bicyclic) bond motifs is 2. The predicted octanol–water partition coefficient (Wildman–Crippen LogP) is 2.81. The van der Waals surface area contributed by atoms with Gasteiger partial charge in [-0.15, -0.1) is 0 Å². The molecule has 1 amide bonds. The van der Waals surface area contributed by atoms with E-state index in [0.717, 1.165) is 28.4 Å². The number of para-hydroxylation sites is 1. The van der Waals surface area contributed by atoms with Crippen LogP contribution in [0.2, 0.25) is 0 Å². The Balaban J connectivity index is 1.46. The third-order valence-corrected chi connectivity index (χ3v) is 4.60. The molecule has 5 nitrogen and oxygen atoms in total. The summed E-state index contributed by atoms with van der Waals surface area (Å²) in [6.45, 7) is 4.27. The van der Waals surface area contributed by atoms with Gasteiger partial charge in [0.05, 0.1) is 0 Å². The summed E-state index contributed by atoms with van der Waals surface area (Å²) < 4.78 is 17.0. The minimum Gasteiger partial charge on any atom is -0.486 e. The molecule has 2 aromatic rings. The van der Waals surface area contributed by atoms with Gasteiger partial charge in [-0.25, -0.2) is 0 Å². The van der Waals surface area contributed by atoms with E-state index in [1.165, 1.54) is 0 Å². The van der Waals surface area contributed by atoms with Crippen LogP contribution in [0.25, 0.3) is 0 Å². The molecule has 0 N–H and O–H groups in total. The van der Waals surface area contributed by atoms with E-state index in [4.69, 9.17) is 14.2 Å². The van der Waals surface area contributed by atoms with E-state index in [0.29, 0.717) is 32.7 Å². The number of rotatable bonds is 4. The topological polar surface area (TPSA) is 48.0 Å². The number of hydrogen-bond acceptors (Lipinski definition) is 4. The lowest BCUT2D eigenvalue weighted by atomic mass is 10.1. The lowest BCUT2D eigenvalue weighted by Crippen LogP contribution is -2.40. The van der Waals surface area contributed by atoms with Crippen molar-refractivity contribution < 1.29 is 19.0 Å². The average molecular weight is 339 g/mol. The van der Waals surface area contributed by atoms with Gasteiger partial charge in [0.15, 0.2) is 17.6 Å². The van der Waals surface area contributed by atoms with E-state index in [2.05, 4.69) is 0 Å². The molecule has 0 aliphatic carbocycles. The number of benzene rings is 2. The number of carbonyl (C=O) groups excluding carboxylic acids is 1. The molecule has 0 saturated heterocycles. The molecule has 4 rings (SSSR count). The highest BCUT2D eigenvalue weighted by atomic mass is 16.6. The van der Waals surface area contributed by atoms with Crippen molar-refractivity contribution in [2.75, 3.05) is 19.8 Å². The van der Waals surface area contributed by atoms with Crippen LogP contribution in [-0.2, 0) is 17.8 Å². The fourth-order valence-electron chi connectivity index (χ4n) is 3.28. The zero-order valence-corrected chi connectivity index (χ0v) is 14.2. The Morgan fingerprint density at radius 1 is 1.08 bits per heavy atom. The van der Waals surface area contributed by atoms with Crippen molar-refractivity contribution >= 4 is 5.91 Å². The Hall–Kier alpha value is -2.69. The Labute approximate surface area is 147 Å². The first kappa shape index (κ1) is 15.8. The Morgan fingerprint density at radius 2 is 1.88 bits per heavy atom. The van der Waals surface area contributed by atoms with Gasteiger partial charge in [-0.05, 0) is 36.2 Å². The lowest BCUT2D eigenvalue weighted by Gasteiger charge is -2.25. The molecule has 0 spiro atoms. The van der Waals surface area contributed by atoms with Crippen LogP contribution in [0, 0.1) is 0 Å². The standard InChI is InChI=1S/C20H21NO4/c1-2-21(13-14-7-8-17-18(11-14)24-10-9-23-17)20(22)19-12-15-5-3-4-6-16(15)25-19/h3-8,11,19H,2,9-10,12-13H2,1H3. The first-order chi connectivity index (χ1) is 12.2. The van der Waals surface area contributed by atoms with Gasteiger partial charge in [-0.1, -0.05) is 24.3 Å².